The Balaban J connectivity index is 1.55. The molecule has 0 saturated carbocycles. The number of carboxylic acids is 1. The molecule has 0 aliphatic rings. The number of H-pyrrole nitrogens is 1. The first-order valence-electron chi connectivity index (χ1n) is 13.6. The van der Waals surface area contributed by atoms with E-state index in [1.165, 1.54) is 24.3 Å². The van der Waals surface area contributed by atoms with E-state index in [9.17, 15) is 29.4 Å². The lowest BCUT2D eigenvalue weighted by molar-refractivity contribution is -0.138. The first kappa shape index (κ1) is 30.6. The van der Waals surface area contributed by atoms with E-state index in [-0.39, 0.29) is 30.8 Å². The molecule has 1 aromatic heterocycles. The third kappa shape index (κ3) is 8.57. The number of carbonyl (C=O) groups is 4. The highest BCUT2D eigenvalue weighted by Gasteiger charge is 2.29. The second kappa shape index (κ2) is 14.0. The summed E-state index contributed by atoms with van der Waals surface area (Å²) in [5.41, 5.74) is 9.02. The number of phenols is 2. The highest BCUT2D eigenvalue weighted by atomic mass is 16.4. The van der Waals surface area contributed by atoms with Crippen LogP contribution in [0.4, 0.5) is 0 Å². The van der Waals surface area contributed by atoms with E-state index in [2.05, 4.69) is 20.9 Å². The largest absolute Gasteiger partial charge is 0.508 e. The molecule has 43 heavy (non-hydrogen) atoms. The number of hydrogen-bond acceptors (Lipinski definition) is 7. The summed E-state index contributed by atoms with van der Waals surface area (Å²) >= 11 is 0. The number of benzene rings is 3. The number of aliphatic carboxylic acids is 1. The fourth-order valence-corrected chi connectivity index (χ4v) is 4.62. The first-order valence-corrected chi connectivity index (χ1v) is 13.6. The van der Waals surface area contributed by atoms with Gasteiger partial charge in [-0.3, -0.25) is 19.2 Å². The number of nitrogens with two attached hydrogens (primary N) is 1. The van der Waals surface area contributed by atoms with E-state index >= 15 is 0 Å². The Hall–Kier alpha value is -5.36. The van der Waals surface area contributed by atoms with Gasteiger partial charge in [-0.1, -0.05) is 42.5 Å². The summed E-state index contributed by atoms with van der Waals surface area (Å²) in [5.74, 6) is -3.16. The molecule has 0 aliphatic carbocycles. The SMILES string of the molecule is NC(Cc1ccc(O)cc1)C(=O)NC(Cc1ccc(O)cc1)C(=O)NC(Cc1c[nH]c2ccccc12)C(=O)NCC(=O)O. The van der Waals surface area contributed by atoms with Gasteiger partial charge in [0.05, 0.1) is 6.04 Å². The minimum absolute atomic E-state index is 0.0142. The topological polar surface area (TPSA) is 207 Å². The van der Waals surface area contributed by atoms with Gasteiger partial charge < -0.3 is 42.0 Å². The van der Waals surface area contributed by atoms with Crippen molar-refractivity contribution in [2.45, 2.75) is 37.4 Å². The Morgan fingerprint density at radius 2 is 1.28 bits per heavy atom. The van der Waals surface area contributed by atoms with Crippen LogP contribution in [-0.2, 0) is 38.4 Å². The third-order valence-electron chi connectivity index (χ3n) is 6.88. The number of carbonyl (C=O) groups excluding carboxylic acids is 3. The van der Waals surface area contributed by atoms with Gasteiger partial charge in [-0.2, -0.15) is 0 Å². The number of aromatic hydroxyl groups is 2. The summed E-state index contributed by atoms with van der Waals surface area (Å²) in [6.45, 7) is -0.640. The number of carboxylic acid groups (broad SMARTS) is 1. The van der Waals surface area contributed by atoms with Crippen LogP contribution in [-0.4, -0.2) is 68.7 Å². The Morgan fingerprint density at radius 1 is 0.721 bits per heavy atom. The molecule has 0 spiro atoms. The van der Waals surface area contributed by atoms with Gasteiger partial charge in [0.1, 0.15) is 30.1 Å². The van der Waals surface area contributed by atoms with Crippen molar-refractivity contribution in [1.29, 1.82) is 0 Å². The van der Waals surface area contributed by atoms with Crippen molar-refractivity contribution in [3.63, 3.8) is 0 Å². The van der Waals surface area contributed by atoms with Crippen LogP contribution in [0.2, 0.25) is 0 Å². The molecule has 224 valence electrons. The van der Waals surface area contributed by atoms with Gasteiger partial charge in [0.2, 0.25) is 17.7 Å². The van der Waals surface area contributed by atoms with Gasteiger partial charge in [0.25, 0.3) is 0 Å². The predicted octanol–water partition coefficient (Wildman–Crippen LogP) is 1.10. The van der Waals surface area contributed by atoms with E-state index in [1.807, 2.05) is 24.3 Å². The van der Waals surface area contributed by atoms with Crippen LogP contribution in [0.5, 0.6) is 11.5 Å². The predicted molar refractivity (Wildman–Crippen MR) is 158 cm³/mol. The van der Waals surface area contributed by atoms with Crippen molar-refractivity contribution in [2.75, 3.05) is 6.54 Å². The molecule has 3 aromatic carbocycles. The van der Waals surface area contributed by atoms with Crippen LogP contribution >= 0.6 is 0 Å². The van der Waals surface area contributed by atoms with E-state index in [4.69, 9.17) is 10.8 Å². The van der Waals surface area contributed by atoms with Crippen molar-refractivity contribution in [3.8, 4) is 11.5 Å². The van der Waals surface area contributed by atoms with Gasteiger partial charge in [0, 0.05) is 29.9 Å². The minimum Gasteiger partial charge on any atom is -0.508 e. The van der Waals surface area contributed by atoms with Crippen LogP contribution in [0.15, 0.2) is 79.0 Å². The molecule has 4 aromatic rings. The Bertz CT molecular complexity index is 1580. The normalized spacial score (nSPS) is 13.0. The summed E-state index contributed by atoms with van der Waals surface area (Å²) in [7, 11) is 0. The molecule has 1 heterocycles. The molecular weight excluding hydrogens is 554 g/mol. The fraction of sp³-hybridized carbons (Fsp3) is 0.226. The second-order valence-electron chi connectivity index (χ2n) is 10.1. The number of aromatic amines is 1. The monoisotopic (exact) mass is 587 g/mol. The molecule has 0 radical (unpaired) electrons. The maximum absolute atomic E-state index is 13.7. The molecule has 0 saturated heterocycles. The smallest absolute Gasteiger partial charge is 0.322 e. The van der Waals surface area contributed by atoms with E-state index < -0.39 is 48.4 Å². The molecule has 0 bridgehead atoms. The highest BCUT2D eigenvalue weighted by Crippen LogP contribution is 2.20. The number of para-hydroxylation sites is 1. The van der Waals surface area contributed by atoms with Crippen LogP contribution in [0.25, 0.3) is 10.9 Å². The fourth-order valence-electron chi connectivity index (χ4n) is 4.62. The zero-order valence-electron chi connectivity index (χ0n) is 23.1. The lowest BCUT2D eigenvalue weighted by Gasteiger charge is -2.24. The maximum Gasteiger partial charge on any atom is 0.322 e. The summed E-state index contributed by atoms with van der Waals surface area (Å²) in [6.07, 6.45) is 1.91. The number of nitrogens with one attached hydrogen (secondary N) is 4. The molecule has 3 unspecified atom stereocenters. The standard InChI is InChI=1S/C31H33N5O7/c32-24(13-18-5-9-21(37)10-6-18)29(41)35-26(14-19-7-11-22(38)12-8-19)31(43)36-27(30(42)34-17-28(39)40)15-20-16-33-25-4-2-1-3-23(20)25/h1-12,16,24,26-27,33,37-38H,13-15,17,32H2,(H,34,42)(H,35,41)(H,36,43)(H,39,40). The quantitative estimate of drug-likeness (QED) is 0.113. The maximum atomic E-state index is 13.7. The Kier molecular flexibility index (Phi) is 9.97. The zero-order chi connectivity index (χ0) is 30.9. The number of aromatic nitrogens is 1. The number of rotatable bonds is 13. The van der Waals surface area contributed by atoms with Crippen molar-refractivity contribution < 1.29 is 34.5 Å². The Labute approximate surface area is 246 Å². The molecule has 3 amide bonds. The second-order valence-corrected chi connectivity index (χ2v) is 10.1. The average molecular weight is 588 g/mol. The third-order valence-corrected chi connectivity index (χ3v) is 6.88. The van der Waals surface area contributed by atoms with Gasteiger partial charge >= 0.3 is 5.97 Å². The average Bonchev–Trinajstić information content (AvgIpc) is 3.40. The number of amides is 3. The van der Waals surface area contributed by atoms with Crippen molar-refractivity contribution in [1.82, 2.24) is 20.9 Å². The minimum atomic E-state index is -1.24. The lowest BCUT2D eigenvalue weighted by atomic mass is 10.0. The molecule has 0 aliphatic heterocycles. The summed E-state index contributed by atoms with van der Waals surface area (Å²) in [4.78, 5) is 54.1. The number of phenolic OH excluding ortho intramolecular Hbond substituents is 2. The lowest BCUT2D eigenvalue weighted by Crippen LogP contribution is -2.57. The molecule has 12 heteroatoms. The summed E-state index contributed by atoms with van der Waals surface area (Å²) in [6, 6.07) is 16.4. The molecule has 3 atom stereocenters. The van der Waals surface area contributed by atoms with Crippen LogP contribution in [0, 0.1) is 0 Å². The highest BCUT2D eigenvalue weighted by molar-refractivity contribution is 5.94. The van der Waals surface area contributed by atoms with Gasteiger partial charge in [-0.05, 0) is 53.4 Å². The molecule has 0 fully saturated rings. The van der Waals surface area contributed by atoms with E-state index in [1.54, 1.807) is 30.5 Å². The van der Waals surface area contributed by atoms with Crippen LogP contribution < -0.4 is 21.7 Å². The van der Waals surface area contributed by atoms with Crippen molar-refractivity contribution >= 4 is 34.6 Å². The zero-order valence-corrected chi connectivity index (χ0v) is 23.1. The Morgan fingerprint density at radius 3 is 1.91 bits per heavy atom. The molecule has 9 N–H and O–H groups in total. The molecular formula is C31H33N5O7. The van der Waals surface area contributed by atoms with Gasteiger partial charge in [0.15, 0.2) is 0 Å². The van der Waals surface area contributed by atoms with E-state index in [0.717, 1.165) is 16.5 Å². The number of fused-ring (bicyclic) bond motifs is 1. The van der Waals surface area contributed by atoms with Crippen LogP contribution in [0.3, 0.4) is 0 Å². The molecule has 4 rings (SSSR count). The summed E-state index contributed by atoms with van der Waals surface area (Å²) in [5, 5.41) is 36.8. The van der Waals surface area contributed by atoms with Crippen molar-refractivity contribution in [3.05, 3.63) is 95.7 Å². The van der Waals surface area contributed by atoms with Gasteiger partial charge in [-0.25, -0.2) is 0 Å². The van der Waals surface area contributed by atoms with E-state index in [0.29, 0.717) is 11.1 Å². The van der Waals surface area contributed by atoms with Crippen molar-refractivity contribution in [2.24, 2.45) is 5.73 Å². The summed E-state index contributed by atoms with van der Waals surface area (Å²) < 4.78 is 0. The van der Waals surface area contributed by atoms with Crippen LogP contribution in [0.1, 0.15) is 16.7 Å². The first-order chi connectivity index (χ1) is 20.6. The molecule has 12 nitrogen and oxygen atoms in total. The number of hydrogen-bond donors (Lipinski definition) is 8. The van der Waals surface area contributed by atoms with Gasteiger partial charge in [-0.15, -0.1) is 0 Å².